The van der Waals surface area contributed by atoms with Crippen LogP contribution in [0.2, 0.25) is 0 Å². The summed E-state index contributed by atoms with van der Waals surface area (Å²) in [5.41, 5.74) is -2.19. The molecule has 1 amide bonds. The van der Waals surface area contributed by atoms with Crippen molar-refractivity contribution in [3.8, 4) is 5.75 Å². The van der Waals surface area contributed by atoms with Gasteiger partial charge in [0.25, 0.3) is 11.5 Å². The number of pyridine rings is 2. The lowest BCUT2D eigenvalue weighted by Gasteiger charge is -2.09. The first-order valence-electron chi connectivity index (χ1n) is 6.96. The normalized spacial score (nSPS) is 11.5. The zero-order valence-electron chi connectivity index (χ0n) is 12.4. The van der Waals surface area contributed by atoms with Crippen LogP contribution in [0.25, 0.3) is 10.9 Å². The smallest absolute Gasteiger partial charge is 0.433 e. The van der Waals surface area contributed by atoms with Gasteiger partial charge in [0.05, 0.1) is 17.4 Å². The Morgan fingerprint density at radius 1 is 1.16 bits per heavy atom. The Bertz CT molecular complexity index is 1010. The van der Waals surface area contributed by atoms with Crippen LogP contribution in [0.1, 0.15) is 16.1 Å². The maximum Gasteiger partial charge on any atom is 0.433 e. The molecule has 0 saturated carbocycles. The van der Waals surface area contributed by atoms with E-state index in [9.17, 15) is 27.9 Å². The number of rotatable bonds is 2. The first-order chi connectivity index (χ1) is 11.8. The molecule has 3 N–H and O–H groups in total. The summed E-state index contributed by atoms with van der Waals surface area (Å²) in [6.45, 7) is 0. The summed E-state index contributed by atoms with van der Waals surface area (Å²) >= 11 is 0. The molecule has 0 saturated heterocycles. The second kappa shape index (κ2) is 5.93. The van der Waals surface area contributed by atoms with Gasteiger partial charge < -0.3 is 15.4 Å². The van der Waals surface area contributed by atoms with Crippen molar-refractivity contribution in [2.24, 2.45) is 0 Å². The van der Waals surface area contributed by atoms with E-state index in [0.717, 1.165) is 12.3 Å². The average molecular weight is 349 g/mol. The molecule has 128 valence electrons. The second-order valence-electron chi connectivity index (χ2n) is 5.11. The number of carbonyl (C=O) groups is 1. The number of H-pyrrole nitrogens is 1. The average Bonchev–Trinajstić information content (AvgIpc) is 2.54. The van der Waals surface area contributed by atoms with Crippen molar-refractivity contribution in [2.75, 3.05) is 5.32 Å². The van der Waals surface area contributed by atoms with Crippen molar-refractivity contribution in [3.05, 3.63) is 64.2 Å². The van der Waals surface area contributed by atoms with Gasteiger partial charge in [-0.2, -0.15) is 13.2 Å². The van der Waals surface area contributed by atoms with Gasteiger partial charge in [-0.15, -0.1) is 0 Å². The van der Waals surface area contributed by atoms with E-state index in [4.69, 9.17) is 0 Å². The van der Waals surface area contributed by atoms with Crippen LogP contribution in [-0.4, -0.2) is 21.0 Å². The lowest BCUT2D eigenvalue weighted by atomic mass is 10.1. The number of alkyl halides is 3. The number of halogens is 3. The SMILES string of the molecule is O=C(Nc1ccc(C(F)(F)F)nc1)c1c(O)c2ccccc2[nH]c1=O. The third-order valence-electron chi connectivity index (χ3n) is 3.43. The highest BCUT2D eigenvalue weighted by atomic mass is 19.4. The van der Waals surface area contributed by atoms with Crippen LogP contribution < -0.4 is 10.9 Å². The third-order valence-corrected chi connectivity index (χ3v) is 3.43. The van der Waals surface area contributed by atoms with E-state index in [1.807, 2.05) is 0 Å². The largest absolute Gasteiger partial charge is 0.506 e. The van der Waals surface area contributed by atoms with Crippen molar-refractivity contribution >= 4 is 22.5 Å². The zero-order chi connectivity index (χ0) is 18.2. The molecule has 0 spiro atoms. The maximum atomic E-state index is 12.5. The number of aromatic hydroxyl groups is 1. The van der Waals surface area contributed by atoms with E-state index in [1.165, 1.54) is 6.07 Å². The molecule has 0 aliphatic carbocycles. The Morgan fingerprint density at radius 2 is 1.88 bits per heavy atom. The number of nitrogens with one attached hydrogen (secondary N) is 2. The van der Waals surface area contributed by atoms with Crippen molar-refractivity contribution < 1.29 is 23.1 Å². The number of aromatic amines is 1. The quantitative estimate of drug-likeness (QED) is 0.663. The Kier molecular flexibility index (Phi) is 3.91. The lowest BCUT2D eigenvalue weighted by Crippen LogP contribution is -2.23. The van der Waals surface area contributed by atoms with Crippen LogP contribution in [-0.2, 0) is 6.18 Å². The molecule has 0 bridgehead atoms. The van der Waals surface area contributed by atoms with Gasteiger partial charge in [-0.1, -0.05) is 12.1 Å². The number of hydrogen-bond donors (Lipinski definition) is 3. The number of fused-ring (bicyclic) bond motifs is 1. The summed E-state index contributed by atoms with van der Waals surface area (Å²) in [7, 11) is 0. The molecule has 9 heteroatoms. The van der Waals surface area contributed by atoms with Gasteiger partial charge in [-0.05, 0) is 24.3 Å². The van der Waals surface area contributed by atoms with E-state index >= 15 is 0 Å². The molecule has 0 radical (unpaired) electrons. The summed E-state index contributed by atoms with van der Waals surface area (Å²) in [6.07, 6.45) is -3.79. The first kappa shape index (κ1) is 16.5. The van der Waals surface area contributed by atoms with Crippen LogP contribution in [0.15, 0.2) is 47.4 Å². The number of anilines is 1. The third kappa shape index (κ3) is 3.16. The zero-order valence-corrected chi connectivity index (χ0v) is 12.4. The van der Waals surface area contributed by atoms with Crippen LogP contribution in [0.5, 0.6) is 5.75 Å². The fourth-order valence-corrected chi connectivity index (χ4v) is 2.27. The predicted octanol–water partition coefficient (Wildman–Crippen LogP) is 2.90. The monoisotopic (exact) mass is 349 g/mol. The molecule has 3 rings (SSSR count). The number of benzene rings is 1. The molecule has 0 unspecified atom stereocenters. The van der Waals surface area contributed by atoms with Gasteiger partial charge in [-0.3, -0.25) is 9.59 Å². The van der Waals surface area contributed by atoms with Crippen molar-refractivity contribution in [1.29, 1.82) is 0 Å². The summed E-state index contributed by atoms with van der Waals surface area (Å²) < 4.78 is 37.4. The van der Waals surface area contributed by atoms with Gasteiger partial charge in [0.15, 0.2) is 0 Å². The van der Waals surface area contributed by atoms with E-state index in [0.29, 0.717) is 11.6 Å². The number of para-hydroxylation sites is 1. The highest BCUT2D eigenvalue weighted by molar-refractivity contribution is 6.08. The summed E-state index contributed by atoms with van der Waals surface area (Å²) in [6, 6.07) is 8.02. The Morgan fingerprint density at radius 3 is 2.52 bits per heavy atom. The molecule has 0 aliphatic rings. The van der Waals surface area contributed by atoms with E-state index in [1.54, 1.807) is 18.2 Å². The molecule has 0 aliphatic heterocycles. The molecule has 0 fully saturated rings. The summed E-state index contributed by atoms with van der Waals surface area (Å²) in [4.78, 5) is 29.9. The molecule has 0 atom stereocenters. The number of amides is 1. The molecule has 6 nitrogen and oxygen atoms in total. The lowest BCUT2D eigenvalue weighted by molar-refractivity contribution is -0.141. The first-order valence-corrected chi connectivity index (χ1v) is 6.96. The van der Waals surface area contributed by atoms with E-state index in [-0.39, 0.29) is 11.1 Å². The van der Waals surface area contributed by atoms with Crippen molar-refractivity contribution in [2.45, 2.75) is 6.18 Å². The van der Waals surface area contributed by atoms with Gasteiger partial charge in [0.1, 0.15) is 17.0 Å². The Hall–Kier alpha value is -3.36. The van der Waals surface area contributed by atoms with Crippen molar-refractivity contribution in [3.63, 3.8) is 0 Å². The molecule has 25 heavy (non-hydrogen) atoms. The van der Waals surface area contributed by atoms with Gasteiger partial charge >= 0.3 is 6.18 Å². The summed E-state index contributed by atoms with van der Waals surface area (Å²) in [5, 5.41) is 12.7. The minimum Gasteiger partial charge on any atom is -0.506 e. The number of aromatic nitrogens is 2. The van der Waals surface area contributed by atoms with Gasteiger partial charge in [0.2, 0.25) is 0 Å². The van der Waals surface area contributed by atoms with E-state index in [2.05, 4.69) is 15.3 Å². The van der Waals surface area contributed by atoms with Crippen LogP contribution in [0.4, 0.5) is 18.9 Å². The maximum absolute atomic E-state index is 12.5. The molecular formula is C16H10F3N3O3. The minimum atomic E-state index is -4.60. The molecule has 3 aromatic rings. The fourth-order valence-electron chi connectivity index (χ4n) is 2.27. The Labute approximate surface area is 138 Å². The molecule has 2 heterocycles. The molecular weight excluding hydrogens is 339 g/mol. The minimum absolute atomic E-state index is 0.0510. The van der Waals surface area contributed by atoms with E-state index < -0.39 is 34.6 Å². The fraction of sp³-hybridized carbons (Fsp3) is 0.0625. The van der Waals surface area contributed by atoms with Gasteiger partial charge in [0, 0.05) is 5.39 Å². The topological polar surface area (TPSA) is 95.1 Å². The van der Waals surface area contributed by atoms with Crippen LogP contribution in [0.3, 0.4) is 0 Å². The summed E-state index contributed by atoms with van der Waals surface area (Å²) in [5.74, 6) is -1.48. The Balaban J connectivity index is 1.94. The van der Waals surface area contributed by atoms with Gasteiger partial charge in [-0.25, -0.2) is 4.98 Å². The highest BCUT2D eigenvalue weighted by Gasteiger charge is 2.32. The predicted molar refractivity (Wildman–Crippen MR) is 83.4 cm³/mol. The molecule has 2 aromatic heterocycles. The van der Waals surface area contributed by atoms with Crippen molar-refractivity contribution in [1.82, 2.24) is 9.97 Å². The van der Waals surface area contributed by atoms with Crippen LogP contribution in [0, 0.1) is 0 Å². The second-order valence-corrected chi connectivity index (χ2v) is 5.11. The number of nitrogens with zero attached hydrogens (tertiary/aromatic N) is 1. The van der Waals surface area contributed by atoms with Crippen LogP contribution >= 0.6 is 0 Å². The highest BCUT2D eigenvalue weighted by Crippen LogP contribution is 2.28. The number of hydrogen-bond acceptors (Lipinski definition) is 4. The standard InChI is InChI=1S/C16H10F3N3O3/c17-16(18,19)11-6-5-8(7-20-11)21-14(24)12-13(23)9-3-1-2-4-10(9)22-15(12)25/h1-7H,(H,21,24)(H2,22,23,25). The number of carbonyl (C=O) groups excluding carboxylic acids is 1. The molecule has 1 aromatic carbocycles.